The van der Waals surface area contributed by atoms with Gasteiger partial charge in [-0.25, -0.2) is 0 Å². The van der Waals surface area contributed by atoms with Crippen molar-refractivity contribution >= 4 is 17.1 Å². The molecule has 0 aromatic heterocycles. The molecule has 0 radical (unpaired) electrons. The minimum Gasteiger partial charge on any atom is -0.385 e. The second-order valence-electron chi connectivity index (χ2n) is 5.41. The van der Waals surface area contributed by atoms with Gasteiger partial charge in [0, 0.05) is 42.6 Å². The first kappa shape index (κ1) is 17.2. The van der Waals surface area contributed by atoms with Gasteiger partial charge in [-0.3, -0.25) is 10.1 Å². The van der Waals surface area contributed by atoms with Gasteiger partial charge >= 0.3 is 0 Å². The number of nitro groups is 1. The van der Waals surface area contributed by atoms with E-state index in [1.165, 1.54) is 0 Å². The van der Waals surface area contributed by atoms with Crippen LogP contribution in [0.5, 0.6) is 0 Å². The molecule has 0 amide bonds. The van der Waals surface area contributed by atoms with Crippen LogP contribution in [0.3, 0.4) is 0 Å². The molecule has 0 aliphatic carbocycles. The van der Waals surface area contributed by atoms with Crippen LogP contribution in [0.15, 0.2) is 18.2 Å². The number of rotatable bonds is 9. The van der Waals surface area contributed by atoms with Crippen molar-refractivity contribution in [3.05, 3.63) is 28.3 Å². The first-order valence-corrected chi connectivity index (χ1v) is 7.41. The normalized spacial score (nSPS) is 11.0. The van der Waals surface area contributed by atoms with E-state index in [9.17, 15) is 10.1 Å². The van der Waals surface area contributed by atoms with Crippen molar-refractivity contribution in [3.8, 4) is 0 Å². The monoisotopic (exact) mass is 294 g/mol. The van der Waals surface area contributed by atoms with Crippen LogP contribution in [-0.2, 0) is 0 Å². The molecule has 21 heavy (non-hydrogen) atoms. The van der Waals surface area contributed by atoms with Crippen molar-refractivity contribution in [2.24, 2.45) is 0 Å². The van der Waals surface area contributed by atoms with Gasteiger partial charge in [-0.05, 0) is 46.9 Å². The van der Waals surface area contributed by atoms with Crippen LogP contribution in [0.1, 0.15) is 27.2 Å². The molecule has 0 bridgehead atoms. The third kappa shape index (κ3) is 5.99. The number of hydrogen-bond donors (Lipinski definition) is 2. The van der Waals surface area contributed by atoms with Crippen molar-refractivity contribution in [2.75, 3.05) is 37.3 Å². The van der Waals surface area contributed by atoms with Gasteiger partial charge in [0.05, 0.1) is 4.92 Å². The Morgan fingerprint density at radius 1 is 1.24 bits per heavy atom. The molecular formula is C15H26N4O2. The van der Waals surface area contributed by atoms with Crippen LogP contribution >= 0.6 is 0 Å². The molecule has 0 aliphatic rings. The molecule has 1 rings (SSSR count). The number of anilines is 2. The molecule has 0 heterocycles. The second-order valence-corrected chi connectivity index (χ2v) is 5.41. The first-order valence-electron chi connectivity index (χ1n) is 7.41. The lowest BCUT2D eigenvalue weighted by Gasteiger charge is -2.20. The van der Waals surface area contributed by atoms with Crippen LogP contribution in [0.2, 0.25) is 0 Å². The Balaban J connectivity index is 2.59. The fourth-order valence-electron chi connectivity index (χ4n) is 1.94. The number of nitrogens with zero attached hydrogens (tertiary/aromatic N) is 2. The second kappa shape index (κ2) is 8.46. The first-order chi connectivity index (χ1) is 9.93. The van der Waals surface area contributed by atoms with Gasteiger partial charge in [0.25, 0.3) is 5.69 Å². The lowest BCUT2D eigenvalue weighted by molar-refractivity contribution is -0.384. The van der Waals surface area contributed by atoms with Crippen molar-refractivity contribution in [2.45, 2.75) is 33.2 Å². The number of non-ortho nitro benzene ring substituents is 1. The SMILES string of the molecule is CCNc1cc(NCCCN(C)C(C)C)cc([N+](=O)[O-])c1. The highest BCUT2D eigenvalue weighted by molar-refractivity contribution is 5.63. The summed E-state index contributed by atoms with van der Waals surface area (Å²) < 4.78 is 0. The Kier molecular flexibility index (Phi) is 6.94. The lowest BCUT2D eigenvalue weighted by Crippen LogP contribution is -2.28. The maximum atomic E-state index is 10.9. The summed E-state index contributed by atoms with van der Waals surface area (Å²) in [4.78, 5) is 12.9. The third-order valence-corrected chi connectivity index (χ3v) is 3.41. The van der Waals surface area contributed by atoms with Gasteiger partial charge in [0.2, 0.25) is 0 Å². The van der Waals surface area contributed by atoms with E-state index in [4.69, 9.17) is 0 Å². The molecule has 0 saturated heterocycles. The van der Waals surface area contributed by atoms with Gasteiger partial charge < -0.3 is 15.5 Å². The van der Waals surface area contributed by atoms with Crippen molar-refractivity contribution in [1.82, 2.24) is 4.90 Å². The van der Waals surface area contributed by atoms with Gasteiger partial charge in [-0.2, -0.15) is 0 Å². The zero-order chi connectivity index (χ0) is 15.8. The van der Waals surface area contributed by atoms with Crippen LogP contribution in [0.4, 0.5) is 17.1 Å². The summed E-state index contributed by atoms with van der Waals surface area (Å²) in [6.45, 7) is 8.82. The fourth-order valence-corrected chi connectivity index (χ4v) is 1.94. The maximum Gasteiger partial charge on any atom is 0.273 e. The summed E-state index contributed by atoms with van der Waals surface area (Å²) in [6.07, 6.45) is 0.994. The molecule has 6 nitrogen and oxygen atoms in total. The number of nitrogens with one attached hydrogen (secondary N) is 2. The maximum absolute atomic E-state index is 10.9. The Bertz CT molecular complexity index is 463. The van der Waals surface area contributed by atoms with Crippen molar-refractivity contribution in [3.63, 3.8) is 0 Å². The fraction of sp³-hybridized carbons (Fsp3) is 0.600. The summed E-state index contributed by atoms with van der Waals surface area (Å²) in [5.41, 5.74) is 1.66. The summed E-state index contributed by atoms with van der Waals surface area (Å²) in [6, 6.07) is 5.57. The predicted molar refractivity (Wildman–Crippen MR) is 88.1 cm³/mol. The molecule has 0 saturated carbocycles. The number of hydrogen-bond acceptors (Lipinski definition) is 5. The molecule has 0 aliphatic heterocycles. The standard InChI is InChI=1S/C15H26N4O2/c1-5-16-13-9-14(11-15(10-13)19(20)21)17-7-6-8-18(4)12(2)3/h9-12,16-17H,5-8H2,1-4H3. The zero-order valence-corrected chi connectivity index (χ0v) is 13.3. The Morgan fingerprint density at radius 2 is 1.86 bits per heavy atom. The molecule has 0 unspecified atom stereocenters. The highest BCUT2D eigenvalue weighted by atomic mass is 16.6. The van der Waals surface area contributed by atoms with Crippen molar-refractivity contribution < 1.29 is 4.92 Å². The molecule has 2 N–H and O–H groups in total. The molecule has 1 aromatic carbocycles. The van der Waals surface area contributed by atoms with Gasteiger partial charge in [0.15, 0.2) is 0 Å². The van der Waals surface area contributed by atoms with E-state index in [0.29, 0.717) is 6.04 Å². The summed E-state index contributed by atoms with van der Waals surface area (Å²) >= 11 is 0. The predicted octanol–water partition coefficient (Wildman–Crippen LogP) is 3.17. The molecule has 0 fully saturated rings. The molecule has 0 spiro atoms. The van der Waals surface area contributed by atoms with Crippen LogP contribution < -0.4 is 10.6 Å². The van der Waals surface area contributed by atoms with E-state index in [1.54, 1.807) is 12.1 Å². The van der Waals surface area contributed by atoms with Gasteiger partial charge in [-0.15, -0.1) is 0 Å². The van der Waals surface area contributed by atoms with E-state index in [1.807, 2.05) is 13.0 Å². The number of benzene rings is 1. The molecule has 6 heteroatoms. The van der Waals surface area contributed by atoms with E-state index >= 15 is 0 Å². The quantitative estimate of drug-likeness (QED) is 0.416. The summed E-state index contributed by atoms with van der Waals surface area (Å²) in [5.74, 6) is 0. The smallest absolute Gasteiger partial charge is 0.273 e. The average molecular weight is 294 g/mol. The number of nitro benzene ring substituents is 1. The molecule has 0 atom stereocenters. The summed E-state index contributed by atoms with van der Waals surface area (Å²) in [5, 5.41) is 17.3. The van der Waals surface area contributed by atoms with E-state index < -0.39 is 0 Å². The zero-order valence-electron chi connectivity index (χ0n) is 13.3. The van der Waals surface area contributed by atoms with E-state index in [2.05, 4.69) is 36.4 Å². The van der Waals surface area contributed by atoms with Crippen molar-refractivity contribution in [1.29, 1.82) is 0 Å². The highest BCUT2D eigenvalue weighted by Crippen LogP contribution is 2.24. The minimum absolute atomic E-state index is 0.107. The van der Waals surface area contributed by atoms with Crippen LogP contribution in [0.25, 0.3) is 0 Å². The van der Waals surface area contributed by atoms with E-state index in [0.717, 1.165) is 37.4 Å². The highest BCUT2D eigenvalue weighted by Gasteiger charge is 2.09. The molecule has 1 aromatic rings. The van der Waals surface area contributed by atoms with Crippen LogP contribution in [0, 0.1) is 10.1 Å². The molecular weight excluding hydrogens is 268 g/mol. The van der Waals surface area contributed by atoms with Gasteiger partial charge in [0.1, 0.15) is 0 Å². The topological polar surface area (TPSA) is 70.4 Å². The third-order valence-electron chi connectivity index (χ3n) is 3.41. The van der Waals surface area contributed by atoms with Crippen LogP contribution in [-0.4, -0.2) is 42.5 Å². The summed E-state index contributed by atoms with van der Waals surface area (Å²) in [7, 11) is 2.10. The Morgan fingerprint density at radius 3 is 2.38 bits per heavy atom. The van der Waals surface area contributed by atoms with E-state index in [-0.39, 0.29) is 10.6 Å². The largest absolute Gasteiger partial charge is 0.385 e. The lowest BCUT2D eigenvalue weighted by atomic mass is 10.2. The Hall–Kier alpha value is -1.82. The Labute approximate surface area is 126 Å². The van der Waals surface area contributed by atoms with Gasteiger partial charge in [-0.1, -0.05) is 0 Å². The average Bonchev–Trinajstić information content (AvgIpc) is 2.43. The minimum atomic E-state index is -0.363. The molecule has 118 valence electrons.